The van der Waals surface area contributed by atoms with Crippen LogP contribution >= 0.6 is 0 Å². The fraction of sp³-hybridized carbons (Fsp3) is 0.250. The van der Waals surface area contributed by atoms with Crippen LogP contribution in [0.25, 0.3) is 0 Å². The van der Waals surface area contributed by atoms with Crippen molar-refractivity contribution in [2.75, 3.05) is 0 Å². The molecule has 0 aliphatic carbocycles. The molecule has 0 bridgehead atoms. The van der Waals surface area contributed by atoms with Gasteiger partial charge in [-0.2, -0.15) is 0 Å². The molecule has 0 saturated heterocycles. The molecule has 0 amide bonds. The van der Waals surface area contributed by atoms with Crippen LogP contribution in [0.1, 0.15) is 0 Å². The second kappa shape index (κ2) is 6.83. The number of benzene rings is 1. The molecule has 0 aliphatic rings. The normalized spacial score (nSPS) is 7.50. The van der Waals surface area contributed by atoms with Crippen LogP contribution in [0.2, 0.25) is 11.6 Å². The lowest BCUT2D eigenvalue weighted by atomic mass is 10.4. The van der Waals surface area contributed by atoms with Crippen LogP contribution in [-0.2, 0) is 0 Å². The standard InChI is InChI=1S/C6H6.2CH3.Al.H2N/c1-2-4-6-5-3-1;;;;/h1-6H;2*1H3;;1H2/q;;;+1;-1. The van der Waals surface area contributed by atoms with Crippen LogP contribution in [-0.4, -0.2) is 14.4 Å². The highest BCUT2D eigenvalue weighted by Crippen LogP contribution is 1.79. The maximum atomic E-state index is 5.25. The molecule has 54 valence electrons. The summed E-state index contributed by atoms with van der Waals surface area (Å²) in [6, 6.07) is 12.0. The number of hydrogen-bond acceptors (Lipinski definition) is 1. The fourth-order valence-corrected chi connectivity index (χ4v) is 0.385. The summed E-state index contributed by atoms with van der Waals surface area (Å²) in [4.78, 5) is 0. The Labute approximate surface area is 67.5 Å². The maximum Gasteiger partial charge on any atom is 0.360 e. The van der Waals surface area contributed by atoms with Gasteiger partial charge in [0, 0.05) is 0 Å². The average Bonchev–Trinajstić information content (AvgIpc) is 1.90. The summed E-state index contributed by atoms with van der Waals surface area (Å²) in [7, 11) is 0. The topological polar surface area (TPSA) is 26.0 Å². The zero-order valence-corrected chi connectivity index (χ0v) is 7.77. The van der Waals surface area contributed by atoms with Crippen LogP contribution in [0, 0.1) is 0 Å². The fourth-order valence-electron chi connectivity index (χ4n) is 0.385. The molecule has 0 spiro atoms. The highest BCUT2D eigenvalue weighted by Gasteiger charge is 1.84. The van der Waals surface area contributed by atoms with Crippen LogP contribution < -0.4 is 4.72 Å². The quantitative estimate of drug-likeness (QED) is 0.563. The van der Waals surface area contributed by atoms with Gasteiger partial charge in [0.25, 0.3) is 0 Å². The molecule has 0 radical (unpaired) electrons. The van der Waals surface area contributed by atoms with Crippen molar-refractivity contribution in [1.29, 1.82) is 0 Å². The zero-order chi connectivity index (χ0) is 7.82. The Morgan fingerprint density at radius 1 is 0.800 bits per heavy atom. The molecule has 2 N–H and O–H groups in total. The van der Waals surface area contributed by atoms with Gasteiger partial charge in [-0.15, -0.1) is 0 Å². The van der Waals surface area contributed by atoms with Gasteiger partial charge in [0.05, 0.1) is 0 Å². The Bertz CT molecular complexity index is 110. The van der Waals surface area contributed by atoms with E-state index in [1.807, 2.05) is 36.4 Å². The van der Waals surface area contributed by atoms with E-state index in [2.05, 4.69) is 11.6 Å². The predicted molar refractivity (Wildman–Crippen MR) is 48.1 cm³/mol. The molecule has 1 aromatic rings. The minimum absolute atomic E-state index is 0.639. The minimum atomic E-state index is -0.639. The van der Waals surface area contributed by atoms with Gasteiger partial charge in [0.15, 0.2) is 0 Å². The molecule has 0 heterocycles. The Morgan fingerprint density at radius 3 is 1.00 bits per heavy atom. The second-order valence-corrected chi connectivity index (χ2v) is 4.89. The SMILES string of the molecule is [CH3][Al]([CH3])[NH2].c1ccccc1. The van der Waals surface area contributed by atoms with Gasteiger partial charge in [0.1, 0.15) is 0 Å². The molecule has 0 aliphatic heterocycles. The number of nitrogens with two attached hydrogens (primary N) is 1. The van der Waals surface area contributed by atoms with Crippen molar-refractivity contribution in [1.82, 2.24) is 0 Å². The first-order valence-corrected chi connectivity index (χ1v) is 6.46. The predicted octanol–water partition coefficient (Wildman–Crippen LogP) is 1.88. The Balaban J connectivity index is 0.000000180. The third-order valence-corrected chi connectivity index (χ3v) is 0.667. The monoisotopic (exact) mass is 151 g/mol. The van der Waals surface area contributed by atoms with Gasteiger partial charge < -0.3 is 4.72 Å². The minimum Gasteiger partial charge on any atom is -0.413 e. The molecule has 0 fully saturated rings. The summed E-state index contributed by atoms with van der Waals surface area (Å²) in [5.74, 6) is 4.17. The van der Waals surface area contributed by atoms with E-state index in [-0.39, 0.29) is 0 Å². The molecule has 10 heavy (non-hydrogen) atoms. The molecule has 1 aromatic carbocycles. The van der Waals surface area contributed by atoms with Crippen molar-refractivity contribution in [3.8, 4) is 0 Å². The van der Waals surface area contributed by atoms with Crippen molar-refractivity contribution >= 4 is 14.4 Å². The van der Waals surface area contributed by atoms with Crippen molar-refractivity contribution in [3.63, 3.8) is 0 Å². The summed E-state index contributed by atoms with van der Waals surface area (Å²) in [5, 5.41) is 0. The van der Waals surface area contributed by atoms with Crippen LogP contribution in [0.4, 0.5) is 0 Å². The van der Waals surface area contributed by atoms with Crippen molar-refractivity contribution in [2.45, 2.75) is 11.6 Å². The van der Waals surface area contributed by atoms with Gasteiger partial charge in [-0.05, 0) is 0 Å². The van der Waals surface area contributed by atoms with Crippen LogP contribution in [0.5, 0.6) is 0 Å². The van der Waals surface area contributed by atoms with Crippen molar-refractivity contribution in [3.05, 3.63) is 36.4 Å². The molecule has 0 saturated carbocycles. The van der Waals surface area contributed by atoms with E-state index in [0.717, 1.165) is 0 Å². The third kappa shape index (κ3) is 10.6. The molecule has 0 atom stereocenters. The molecular weight excluding hydrogens is 137 g/mol. The van der Waals surface area contributed by atoms with Gasteiger partial charge in [-0.1, -0.05) is 48.0 Å². The van der Waals surface area contributed by atoms with Gasteiger partial charge in [-0.25, -0.2) is 0 Å². The first kappa shape index (κ1) is 9.71. The first-order valence-electron chi connectivity index (χ1n) is 3.49. The molecule has 1 nitrogen and oxygen atoms in total. The largest absolute Gasteiger partial charge is 0.413 e. The lowest BCUT2D eigenvalue weighted by molar-refractivity contribution is 1.72. The average molecular weight is 151 g/mol. The number of rotatable bonds is 0. The van der Waals surface area contributed by atoms with Crippen LogP contribution in [0.3, 0.4) is 0 Å². The zero-order valence-electron chi connectivity index (χ0n) is 6.62. The van der Waals surface area contributed by atoms with Gasteiger partial charge >= 0.3 is 14.4 Å². The van der Waals surface area contributed by atoms with E-state index in [1.165, 1.54) is 0 Å². The van der Waals surface area contributed by atoms with E-state index in [1.54, 1.807) is 0 Å². The summed E-state index contributed by atoms with van der Waals surface area (Å²) in [5.41, 5.74) is 0. The highest BCUT2D eigenvalue weighted by atomic mass is 27.2. The van der Waals surface area contributed by atoms with E-state index < -0.39 is 14.4 Å². The second-order valence-electron chi connectivity index (χ2n) is 2.40. The summed E-state index contributed by atoms with van der Waals surface area (Å²) < 4.78 is 5.25. The summed E-state index contributed by atoms with van der Waals surface area (Å²) in [6.07, 6.45) is 0. The molecular formula is C8H14AlN. The van der Waals surface area contributed by atoms with Crippen LogP contribution in [0.15, 0.2) is 36.4 Å². The highest BCUT2D eigenvalue weighted by molar-refractivity contribution is 6.51. The maximum absolute atomic E-state index is 5.25. The van der Waals surface area contributed by atoms with Gasteiger partial charge in [-0.3, -0.25) is 0 Å². The summed E-state index contributed by atoms with van der Waals surface area (Å²) >= 11 is -0.639. The van der Waals surface area contributed by atoms with E-state index >= 15 is 0 Å². The molecule has 0 unspecified atom stereocenters. The Kier molecular flexibility index (Phi) is 6.63. The molecule has 0 aromatic heterocycles. The first-order chi connectivity index (χ1) is 4.73. The third-order valence-electron chi connectivity index (χ3n) is 0.667. The van der Waals surface area contributed by atoms with Crippen molar-refractivity contribution in [2.24, 2.45) is 4.72 Å². The lowest BCUT2D eigenvalue weighted by Crippen LogP contribution is -2.13. The Morgan fingerprint density at radius 2 is 0.900 bits per heavy atom. The smallest absolute Gasteiger partial charge is 0.360 e. The lowest BCUT2D eigenvalue weighted by Gasteiger charge is -1.69. The summed E-state index contributed by atoms with van der Waals surface area (Å²) in [6.45, 7) is 0. The van der Waals surface area contributed by atoms with Gasteiger partial charge in [0.2, 0.25) is 0 Å². The number of hydrogen-bond donors (Lipinski definition) is 1. The molecule has 1 rings (SSSR count). The van der Waals surface area contributed by atoms with E-state index in [0.29, 0.717) is 0 Å². The van der Waals surface area contributed by atoms with E-state index in [4.69, 9.17) is 4.72 Å². The van der Waals surface area contributed by atoms with Crippen molar-refractivity contribution < 1.29 is 0 Å². The Hall–Kier alpha value is -0.288. The van der Waals surface area contributed by atoms with E-state index in [9.17, 15) is 0 Å². The molecule has 2 heteroatoms.